The van der Waals surface area contributed by atoms with Crippen molar-refractivity contribution in [3.8, 4) is 0 Å². The van der Waals surface area contributed by atoms with Gasteiger partial charge in [-0.25, -0.2) is 4.98 Å². The molecule has 4 heteroatoms. The van der Waals surface area contributed by atoms with E-state index in [1.165, 1.54) is 4.88 Å². The lowest BCUT2D eigenvalue weighted by molar-refractivity contribution is 0.0562. The second kappa shape index (κ2) is 5.58. The predicted molar refractivity (Wildman–Crippen MR) is 64.3 cm³/mol. The lowest BCUT2D eigenvalue weighted by atomic mass is 10.0. The van der Waals surface area contributed by atoms with Crippen molar-refractivity contribution in [3.05, 3.63) is 16.1 Å². The summed E-state index contributed by atoms with van der Waals surface area (Å²) in [6.45, 7) is 7.45. The number of thiazole rings is 1. The van der Waals surface area contributed by atoms with Crippen LogP contribution >= 0.6 is 11.3 Å². The quantitative estimate of drug-likeness (QED) is 0.729. The van der Waals surface area contributed by atoms with Crippen molar-refractivity contribution in [2.24, 2.45) is 0 Å². The van der Waals surface area contributed by atoms with E-state index in [2.05, 4.69) is 10.3 Å². The van der Waals surface area contributed by atoms with E-state index in [0.29, 0.717) is 6.54 Å². The molecule has 0 spiro atoms. The molecule has 0 radical (unpaired) electrons. The van der Waals surface area contributed by atoms with Crippen molar-refractivity contribution in [3.63, 3.8) is 0 Å². The number of nitrogens with one attached hydrogen (secondary N) is 1. The molecule has 0 amide bonds. The number of rotatable bonds is 6. The molecule has 3 nitrogen and oxygen atoms in total. The number of hydrogen-bond acceptors (Lipinski definition) is 4. The Morgan fingerprint density at radius 1 is 1.60 bits per heavy atom. The van der Waals surface area contributed by atoms with E-state index in [-0.39, 0.29) is 0 Å². The molecular formula is C11H20N2OS. The summed E-state index contributed by atoms with van der Waals surface area (Å²) in [5.74, 6) is 0. The molecule has 1 heterocycles. The zero-order chi connectivity index (χ0) is 11.3. The van der Waals surface area contributed by atoms with Gasteiger partial charge in [0.15, 0.2) is 0 Å². The van der Waals surface area contributed by atoms with Gasteiger partial charge < -0.3 is 10.4 Å². The highest BCUT2D eigenvalue weighted by Crippen LogP contribution is 2.12. The van der Waals surface area contributed by atoms with Crippen LogP contribution in [0.2, 0.25) is 0 Å². The first-order chi connectivity index (χ1) is 7.05. The van der Waals surface area contributed by atoms with E-state index in [1.54, 1.807) is 11.3 Å². The Kier molecular flexibility index (Phi) is 4.70. The van der Waals surface area contributed by atoms with E-state index >= 15 is 0 Å². The van der Waals surface area contributed by atoms with Gasteiger partial charge in [-0.2, -0.15) is 0 Å². The van der Waals surface area contributed by atoms with Gasteiger partial charge in [0.05, 0.1) is 16.8 Å². The van der Waals surface area contributed by atoms with Crippen molar-refractivity contribution >= 4 is 11.3 Å². The molecule has 2 N–H and O–H groups in total. The maximum Gasteiger partial charge on any atom is 0.0797 e. The van der Waals surface area contributed by atoms with Crippen molar-refractivity contribution in [1.29, 1.82) is 0 Å². The van der Waals surface area contributed by atoms with Gasteiger partial charge in [0.2, 0.25) is 0 Å². The summed E-state index contributed by atoms with van der Waals surface area (Å²) in [4.78, 5) is 5.53. The second-order valence-corrected chi connectivity index (χ2v) is 5.08. The average Bonchev–Trinajstić information content (AvgIpc) is 2.59. The van der Waals surface area contributed by atoms with Gasteiger partial charge in [-0.05, 0) is 26.7 Å². The first-order valence-corrected chi connectivity index (χ1v) is 6.25. The number of hydrogen-bond donors (Lipinski definition) is 2. The summed E-state index contributed by atoms with van der Waals surface area (Å²) in [6, 6.07) is 0. The Bertz CT molecular complexity index is 297. The largest absolute Gasteiger partial charge is 0.389 e. The van der Waals surface area contributed by atoms with E-state index in [1.807, 2.05) is 26.3 Å². The van der Waals surface area contributed by atoms with Crippen LogP contribution in [-0.2, 0) is 6.42 Å². The molecule has 86 valence electrons. The van der Waals surface area contributed by atoms with Crippen LogP contribution in [0.25, 0.3) is 0 Å². The molecule has 1 aromatic rings. The molecule has 0 saturated carbocycles. The first-order valence-electron chi connectivity index (χ1n) is 5.37. The second-order valence-electron chi connectivity index (χ2n) is 4.14. The molecule has 0 aliphatic carbocycles. The summed E-state index contributed by atoms with van der Waals surface area (Å²) in [5.41, 5.74) is 2.43. The smallest absolute Gasteiger partial charge is 0.0797 e. The zero-order valence-corrected chi connectivity index (χ0v) is 10.5. The molecule has 1 rings (SSSR count). The molecule has 1 unspecified atom stereocenters. The van der Waals surface area contributed by atoms with Gasteiger partial charge in [0.25, 0.3) is 0 Å². The van der Waals surface area contributed by atoms with Gasteiger partial charge in [-0.15, -0.1) is 11.3 Å². The molecular weight excluding hydrogens is 208 g/mol. The Morgan fingerprint density at radius 2 is 2.33 bits per heavy atom. The lowest BCUT2D eigenvalue weighted by Crippen LogP contribution is -2.37. The maximum atomic E-state index is 9.76. The topological polar surface area (TPSA) is 45.1 Å². The highest BCUT2D eigenvalue weighted by molar-refractivity contribution is 7.09. The number of aromatic nitrogens is 1. The maximum absolute atomic E-state index is 9.76. The zero-order valence-electron chi connectivity index (χ0n) is 9.71. The molecule has 0 bridgehead atoms. The van der Waals surface area contributed by atoms with Crippen LogP contribution in [0, 0.1) is 6.92 Å². The minimum atomic E-state index is -0.581. The van der Waals surface area contributed by atoms with Crippen LogP contribution in [0.3, 0.4) is 0 Å². The Morgan fingerprint density at radius 3 is 2.87 bits per heavy atom. The van der Waals surface area contributed by atoms with Crippen LogP contribution in [0.15, 0.2) is 5.51 Å². The third-order valence-electron chi connectivity index (χ3n) is 2.64. The van der Waals surface area contributed by atoms with Gasteiger partial charge in [0, 0.05) is 18.0 Å². The molecule has 0 saturated heterocycles. The number of aliphatic hydroxyl groups is 1. The molecule has 0 aliphatic heterocycles. The minimum absolute atomic E-state index is 0.581. The van der Waals surface area contributed by atoms with Crippen molar-refractivity contribution in [1.82, 2.24) is 10.3 Å². The van der Waals surface area contributed by atoms with Crippen LogP contribution in [0.4, 0.5) is 0 Å². The molecule has 0 fully saturated rings. The molecule has 0 aromatic carbocycles. The predicted octanol–water partition coefficient (Wildman–Crippen LogP) is 1.74. The molecule has 1 atom stereocenters. The Labute approximate surface area is 95.6 Å². The fourth-order valence-electron chi connectivity index (χ4n) is 1.25. The van der Waals surface area contributed by atoms with E-state index < -0.39 is 5.60 Å². The number of nitrogens with zero attached hydrogens (tertiary/aromatic N) is 1. The van der Waals surface area contributed by atoms with Crippen molar-refractivity contribution in [2.45, 2.75) is 39.2 Å². The van der Waals surface area contributed by atoms with E-state index in [0.717, 1.165) is 25.1 Å². The summed E-state index contributed by atoms with van der Waals surface area (Å²) in [5, 5.41) is 13.0. The molecule has 0 aliphatic rings. The summed E-state index contributed by atoms with van der Waals surface area (Å²) >= 11 is 1.70. The van der Waals surface area contributed by atoms with Crippen LogP contribution in [0.1, 0.15) is 30.8 Å². The van der Waals surface area contributed by atoms with Crippen molar-refractivity contribution < 1.29 is 5.11 Å². The highest BCUT2D eigenvalue weighted by atomic mass is 32.1. The van der Waals surface area contributed by atoms with E-state index in [4.69, 9.17) is 0 Å². The summed E-state index contributed by atoms with van der Waals surface area (Å²) in [7, 11) is 0. The Hall–Kier alpha value is -0.450. The fraction of sp³-hybridized carbons (Fsp3) is 0.727. The van der Waals surface area contributed by atoms with Gasteiger partial charge in [-0.3, -0.25) is 0 Å². The first kappa shape index (κ1) is 12.6. The van der Waals surface area contributed by atoms with E-state index in [9.17, 15) is 5.11 Å². The van der Waals surface area contributed by atoms with Crippen molar-refractivity contribution in [2.75, 3.05) is 13.1 Å². The summed E-state index contributed by atoms with van der Waals surface area (Å²) in [6.07, 6.45) is 1.77. The lowest BCUT2D eigenvalue weighted by Gasteiger charge is -2.21. The third kappa shape index (κ3) is 4.28. The molecule has 1 aromatic heterocycles. The standard InChI is InChI=1S/C11H20N2OS/c1-4-11(3,14)7-12-6-5-10-9(2)13-8-15-10/h8,12,14H,4-7H2,1-3H3. The van der Waals surface area contributed by atoms with Gasteiger partial charge in [0.1, 0.15) is 0 Å². The average molecular weight is 228 g/mol. The number of aryl methyl sites for hydroxylation is 1. The SMILES string of the molecule is CCC(C)(O)CNCCc1scnc1C. The van der Waals surface area contributed by atoms with Crippen LogP contribution in [-0.4, -0.2) is 28.8 Å². The van der Waals surface area contributed by atoms with Gasteiger partial charge in [-0.1, -0.05) is 6.92 Å². The van der Waals surface area contributed by atoms with Crippen LogP contribution in [0.5, 0.6) is 0 Å². The summed E-state index contributed by atoms with van der Waals surface area (Å²) < 4.78 is 0. The van der Waals surface area contributed by atoms with Gasteiger partial charge >= 0.3 is 0 Å². The highest BCUT2D eigenvalue weighted by Gasteiger charge is 2.16. The fourth-order valence-corrected chi connectivity index (χ4v) is 2.03. The normalized spacial score (nSPS) is 15.2. The minimum Gasteiger partial charge on any atom is -0.389 e. The molecule has 15 heavy (non-hydrogen) atoms. The Balaban J connectivity index is 2.20. The monoisotopic (exact) mass is 228 g/mol. The van der Waals surface area contributed by atoms with Crippen LogP contribution < -0.4 is 5.32 Å². The third-order valence-corrected chi connectivity index (χ3v) is 3.64.